The van der Waals surface area contributed by atoms with Crippen LogP contribution < -0.4 is 15.0 Å². The van der Waals surface area contributed by atoms with Crippen molar-refractivity contribution in [2.45, 2.75) is 0 Å². The third kappa shape index (κ3) is 4.62. The lowest BCUT2D eigenvalue weighted by molar-refractivity contribution is 0.122. The van der Waals surface area contributed by atoms with E-state index in [0.29, 0.717) is 17.3 Å². The number of H-pyrrole nitrogens is 1. The molecule has 1 fully saturated rings. The van der Waals surface area contributed by atoms with Crippen LogP contribution in [0.3, 0.4) is 0 Å². The van der Waals surface area contributed by atoms with Gasteiger partial charge in [-0.15, -0.1) is 0 Å². The summed E-state index contributed by atoms with van der Waals surface area (Å²) in [5.74, 6) is 3.82. The molecule has 9 heteroatoms. The van der Waals surface area contributed by atoms with Gasteiger partial charge in [0.15, 0.2) is 11.5 Å². The lowest BCUT2D eigenvalue weighted by atomic mass is 10.2. The molecule has 0 radical (unpaired) electrons. The molecule has 5 aromatic rings. The number of rotatable bonds is 6. The first-order chi connectivity index (χ1) is 17.3. The first kappa shape index (κ1) is 21.1. The van der Waals surface area contributed by atoms with Crippen LogP contribution in [0.2, 0.25) is 0 Å². The molecule has 174 valence electrons. The van der Waals surface area contributed by atoms with Crippen molar-refractivity contribution in [1.82, 2.24) is 24.9 Å². The molecule has 3 aromatic heterocycles. The van der Waals surface area contributed by atoms with Crippen molar-refractivity contribution < 1.29 is 9.47 Å². The molecule has 2 aromatic carbocycles. The number of pyridine rings is 1. The van der Waals surface area contributed by atoms with Gasteiger partial charge in [-0.25, -0.2) is 19.9 Å². The lowest BCUT2D eigenvalue weighted by Crippen LogP contribution is -2.36. The second-order valence-corrected chi connectivity index (χ2v) is 8.08. The number of para-hydroxylation sites is 1. The van der Waals surface area contributed by atoms with Crippen LogP contribution in [0, 0.1) is 0 Å². The van der Waals surface area contributed by atoms with E-state index >= 15 is 0 Å². The number of ether oxygens (including phenoxy) is 2. The molecular weight excluding hydrogens is 442 g/mol. The number of hydrogen-bond donors (Lipinski definition) is 2. The summed E-state index contributed by atoms with van der Waals surface area (Å²) in [5, 5.41) is 3.34. The smallest absolute Gasteiger partial charge is 0.183 e. The van der Waals surface area contributed by atoms with Crippen LogP contribution in [0.5, 0.6) is 11.5 Å². The molecule has 0 atom stereocenters. The van der Waals surface area contributed by atoms with Gasteiger partial charge in [-0.3, -0.25) is 0 Å². The normalized spacial score (nSPS) is 13.7. The Kier molecular flexibility index (Phi) is 5.65. The van der Waals surface area contributed by atoms with E-state index in [1.807, 2.05) is 72.9 Å². The van der Waals surface area contributed by atoms with Crippen LogP contribution in [-0.4, -0.2) is 51.2 Å². The maximum atomic E-state index is 5.87. The van der Waals surface area contributed by atoms with E-state index in [2.05, 4.69) is 35.1 Å². The fourth-order valence-electron chi connectivity index (χ4n) is 3.93. The minimum absolute atomic E-state index is 0.582. The van der Waals surface area contributed by atoms with Crippen molar-refractivity contribution in [3.63, 3.8) is 0 Å². The summed E-state index contributed by atoms with van der Waals surface area (Å²) >= 11 is 0. The minimum Gasteiger partial charge on any atom is -0.457 e. The molecule has 0 spiro atoms. The number of imidazole rings is 1. The van der Waals surface area contributed by atoms with Gasteiger partial charge in [0, 0.05) is 30.5 Å². The summed E-state index contributed by atoms with van der Waals surface area (Å²) < 4.78 is 11.3. The van der Waals surface area contributed by atoms with Crippen LogP contribution in [0.25, 0.3) is 22.6 Å². The molecule has 0 aliphatic carbocycles. The van der Waals surface area contributed by atoms with E-state index in [-0.39, 0.29) is 0 Å². The van der Waals surface area contributed by atoms with Crippen LogP contribution in [0.15, 0.2) is 79.3 Å². The van der Waals surface area contributed by atoms with E-state index < -0.39 is 0 Å². The molecule has 1 aliphatic heterocycles. The topological polar surface area (TPSA) is 101 Å². The summed E-state index contributed by atoms with van der Waals surface area (Å²) in [6.45, 7) is 3.15. The molecule has 1 saturated heterocycles. The number of aromatic nitrogens is 5. The van der Waals surface area contributed by atoms with Gasteiger partial charge in [0.2, 0.25) is 0 Å². The summed E-state index contributed by atoms with van der Waals surface area (Å²) in [4.78, 5) is 23.6. The Bertz CT molecular complexity index is 1410. The number of benzene rings is 2. The van der Waals surface area contributed by atoms with Crippen molar-refractivity contribution in [2.75, 3.05) is 36.5 Å². The van der Waals surface area contributed by atoms with E-state index in [4.69, 9.17) is 9.47 Å². The molecule has 6 rings (SSSR count). The Labute approximate surface area is 201 Å². The Morgan fingerprint density at radius 2 is 1.66 bits per heavy atom. The van der Waals surface area contributed by atoms with E-state index in [9.17, 15) is 0 Å². The molecule has 4 heterocycles. The van der Waals surface area contributed by atoms with Crippen molar-refractivity contribution in [2.24, 2.45) is 0 Å². The average Bonchev–Trinajstić information content (AvgIpc) is 3.37. The summed E-state index contributed by atoms with van der Waals surface area (Å²) in [5.41, 5.74) is 3.06. The zero-order valence-electron chi connectivity index (χ0n) is 18.9. The SMILES string of the molecule is c1ccc(Oc2ccc(Nc3ncnc4nc(-c5ccc(N6CCOCC6)nc5)[nH]c34)cc2)cc1. The van der Waals surface area contributed by atoms with Gasteiger partial charge >= 0.3 is 0 Å². The van der Waals surface area contributed by atoms with Crippen molar-refractivity contribution in [3.8, 4) is 22.9 Å². The standard InChI is InChI=1S/C26H23N7O2/c1-2-4-20(5-3-1)35-21-9-7-19(8-10-21)30-25-23-26(29-17-28-25)32-24(31-23)18-6-11-22(27-16-18)33-12-14-34-15-13-33/h1-11,16-17H,12-15H2,(H2,28,29,30,31,32). The number of hydrogen-bond acceptors (Lipinski definition) is 8. The molecule has 35 heavy (non-hydrogen) atoms. The zero-order chi connectivity index (χ0) is 23.5. The van der Waals surface area contributed by atoms with Crippen LogP contribution in [-0.2, 0) is 4.74 Å². The lowest BCUT2D eigenvalue weighted by Gasteiger charge is -2.27. The monoisotopic (exact) mass is 465 g/mol. The molecule has 0 bridgehead atoms. The largest absolute Gasteiger partial charge is 0.457 e. The second kappa shape index (κ2) is 9.40. The quantitative estimate of drug-likeness (QED) is 0.369. The molecule has 0 unspecified atom stereocenters. The van der Waals surface area contributed by atoms with Gasteiger partial charge in [-0.2, -0.15) is 0 Å². The highest BCUT2D eigenvalue weighted by molar-refractivity contribution is 5.87. The molecule has 0 amide bonds. The number of nitrogens with zero attached hydrogens (tertiary/aromatic N) is 5. The fraction of sp³-hybridized carbons (Fsp3) is 0.154. The van der Waals surface area contributed by atoms with Crippen LogP contribution in [0.4, 0.5) is 17.3 Å². The number of morpholine rings is 1. The van der Waals surface area contributed by atoms with Crippen LogP contribution in [0.1, 0.15) is 0 Å². The number of aromatic amines is 1. The Balaban J connectivity index is 1.20. The van der Waals surface area contributed by atoms with Gasteiger partial charge in [0.25, 0.3) is 0 Å². The van der Waals surface area contributed by atoms with E-state index in [1.165, 1.54) is 6.33 Å². The van der Waals surface area contributed by atoms with E-state index in [1.54, 1.807) is 0 Å². The number of anilines is 3. The third-order valence-corrected chi connectivity index (χ3v) is 5.74. The van der Waals surface area contributed by atoms with Gasteiger partial charge < -0.3 is 24.7 Å². The van der Waals surface area contributed by atoms with Crippen molar-refractivity contribution in [3.05, 3.63) is 79.3 Å². The van der Waals surface area contributed by atoms with Crippen LogP contribution >= 0.6 is 0 Å². The summed E-state index contributed by atoms with van der Waals surface area (Å²) in [7, 11) is 0. The summed E-state index contributed by atoms with van der Waals surface area (Å²) in [6, 6.07) is 21.4. The first-order valence-electron chi connectivity index (χ1n) is 11.4. The molecular formula is C26H23N7O2. The van der Waals surface area contributed by atoms with Gasteiger partial charge in [0.1, 0.15) is 35.0 Å². The average molecular weight is 466 g/mol. The Morgan fingerprint density at radius 1 is 0.857 bits per heavy atom. The highest BCUT2D eigenvalue weighted by Crippen LogP contribution is 2.28. The maximum Gasteiger partial charge on any atom is 0.183 e. The van der Waals surface area contributed by atoms with Gasteiger partial charge in [-0.05, 0) is 48.5 Å². The Hall–Kier alpha value is -4.50. The van der Waals surface area contributed by atoms with Gasteiger partial charge in [0.05, 0.1) is 13.2 Å². The number of nitrogens with one attached hydrogen (secondary N) is 2. The molecule has 0 saturated carbocycles. The first-order valence-corrected chi connectivity index (χ1v) is 11.4. The fourth-order valence-corrected chi connectivity index (χ4v) is 3.93. The summed E-state index contributed by atoms with van der Waals surface area (Å²) in [6.07, 6.45) is 3.33. The molecule has 9 nitrogen and oxygen atoms in total. The van der Waals surface area contributed by atoms with Crippen molar-refractivity contribution >= 4 is 28.5 Å². The Morgan fingerprint density at radius 3 is 2.43 bits per heavy atom. The zero-order valence-corrected chi connectivity index (χ0v) is 18.9. The third-order valence-electron chi connectivity index (χ3n) is 5.74. The predicted octanol–water partition coefficient (Wildman–Crippen LogP) is 4.79. The maximum absolute atomic E-state index is 5.87. The minimum atomic E-state index is 0.582. The number of fused-ring (bicyclic) bond motifs is 1. The second-order valence-electron chi connectivity index (χ2n) is 8.08. The molecule has 1 aliphatic rings. The van der Waals surface area contributed by atoms with E-state index in [0.717, 1.165) is 60.4 Å². The van der Waals surface area contributed by atoms with Gasteiger partial charge in [-0.1, -0.05) is 18.2 Å². The predicted molar refractivity (Wildman–Crippen MR) is 134 cm³/mol. The highest BCUT2D eigenvalue weighted by Gasteiger charge is 2.15. The van der Waals surface area contributed by atoms with Crippen molar-refractivity contribution in [1.29, 1.82) is 0 Å². The highest BCUT2D eigenvalue weighted by atomic mass is 16.5. The molecule has 2 N–H and O–H groups in total.